The highest BCUT2D eigenvalue weighted by Crippen LogP contribution is 2.25. The van der Waals surface area contributed by atoms with Crippen LogP contribution in [0.3, 0.4) is 0 Å². The molecule has 26 heavy (non-hydrogen) atoms. The summed E-state index contributed by atoms with van der Waals surface area (Å²) in [6.45, 7) is 0.812. The molecular formula is C21H24FNO2S. The van der Waals surface area contributed by atoms with Gasteiger partial charge in [0, 0.05) is 29.7 Å². The molecule has 5 heteroatoms. The third-order valence-corrected chi connectivity index (χ3v) is 5.72. The minimum Gasteiger partial charge on any atom is -0.497 e. The van der Waals surface area contributed by atoms with Gasteiger partial charge in [0.05, 0.1) is 7.11 Å². The summed E-state index contributed by atoms with van der Waals surface area (Å²) in [4.78, 5) is 15.7. The SMILES string of the molecule is COc1ccc(SCCC(=O)N2CCCC2Cc2cccc(F)c2)cc1. The minimum absolute atomic E-state index is 0.190. The van der Waals surface area contributed by atoms with E-state index in [0.717, 1.165) is 47.8 Å². The van der Waals surface area contributed by atoms with E-state index in [-0.39, 0.29) is 17.8 Å². The molecule has 1 aliphatic rings. The Morgan fingerprint density at radius 2 is 2.08 bits per heavy atom. The summed E-state index contributed by atoms with van der Waals surface area (Å²) >= 11 is 1.68. The van der Waals surface area contributed by atoms with Gasteiger partial charge in [0.1, 0.15) is 11.6 Å². The average Bonchev–Trinajstić information content (AvgIpc) is 3.10. The molecule has 0 radical (unpaired) electrons. The van der Waals surface area contributed by atoms with Crippen molar-refractivity contribution in [2.75, 3.05) is 19.4 Å². The molecule has 2 aromatic rings. The lowest BCUT2D eigenvalue weighted by Crippen LogP contribution is -2.37. The predicted octanol–water partition coefficient (Wildman–Crippen LogP) is 4.55. The van der Waals surface area contributed by atoms with E-state index in [2.05, 4.69) is 0 Å². The highest BCUT2D eigenvalue weighted by atomic mass is 32.2. The number of ether oxygens (including phenoxy) is 1. The van der Waals surface area contributed by atoms with Gasteiger partial charge >= 0.3 is 0 Å². The van der Waals surface area contributed by atoms with Crippen molar-refractivity contribution in [1.29, 1.82) is 0 Å². The standard InChI is InChI=1S/C21H24FNO2S/c1-25-19-7-9-20(10-8-19)26-13-11-21(24)23-12-3-6-18(23)15-16-4-2-5-17(22)14-16/h2,4-5,7-10,14,18H,3,6,11-13,15H2,1H3. The molecule has 3 nitrogen and oxygen atoms in total. The van der Waals surface area contributed by atoms with Crippen LogP contribution in [0.5, 0.6) is 5.75 Å². The third-order valence-electron chi connectivity index (χ3n) is 4.70. The van der Waals surface area contributed by atoms with E-state index < -0.39 is 0 Å². The Labute approximate surface area is 158 Å². The minimum atomic E-state index is -0.214. The largest absolute Gasteiger partial charge is 0.497 e. The molecule has 0 bridgehead atoms. The van der Waals surface area contributed by atoms with E-state index in [1.54, 1.807) is 31.0 Å². The van der Waals surface area contributed by atoms with Gasteiger partial charge in [0.15, 0.2) is 0 Å². The van der Waals surface area contributed by atoms with Gasteiger partial charge in [0.25, 0.3) is 0 Å². The fraction of sp³-hybridized carbons (Fsp3) is 0.381. The Morgan fingerprint density at radius 3 is 2.81 bits per heavy atom. The Kier molecular flexibility index (Phi) is 6.56. The van der Waals surface area contributed by atoms with Gasteiger partial charge in [-0.3, -0.25) is 4.79 Å². The maximum absolute atomic E-state index is 13.4. The summed E-state index contributed by atoms with van der Waals surface area (Å²) in [7, 11) is 1.65. The molecule has 1 fully saturated rings. The maximum Gasteiger partial charge on any atom is 0.223 e. The van der Waals surface area contributed by atoms with Gasteiger partial charge in [-0.1, -0.05) is 12.1 Å². The summed E-state index contributed by atoms with van der Waals surface area (Å²) in [5.74, 6) is 1.58. The summed E-state index contributed by atoms with van der Waals surface area (Å²) in [5.41, 5.74) is 0.960. The molecule has 0 N–H and O–H groups in total. The molecule has 1 unspecified atom stereocenters. The van der Waals surface area contributed by atoms with Gasteiger partial charge in [-0.05, 0) is 61.2 Å². The molecule has 1 aliphatic heterocycles. The summed E-state index contributed by atoms with van der Waals surface area (Å²) < 4.78 is 18.5. The van der Waals surface area contributed by atoms with Crippen LogP contribution < -0.4 is 4.74 Å². The molecule has 138 valence electrons. The first-order valence-corrected chi connectivity index (χ1v) is 9.95. The van der Waals surface area contributed by atoms with Gasteiger partial charge in [0.2, 0.25) is 5.91 Å². The van der Waals surface area contributed by atoms with Crippen molar-refractivity contribution in [1.82, 2.24) is 4.90 Å². The molecule has 0 spiro atoms. The summed E-state index contributed by atoms with van der Waals surface area (Å²) in [5, 5.41) is 0. The number of halogens is 1. The number of likely N-dealkylation sites (tertiary alicyclic amines) is 1. The van der Waals surface area contributed by atoms with Crippen molar-refractivity contribution in [3.8, 4) is 5.75 Å². The highest BCUT2D eigenvalue weighted by molar-refractivity contribution is 7.99. The molecule has 2 aromatic carbocycles. The second-order valence-electron chi connectivity index (χ2n) is 6.49. The first kappa shape index (κ1) is 18.8. The lowest BCUT2D eigenvalue weighted by atomic mass is 10.0. The molecule has 1 heterocycles. The van der Waals surface area contributed by atoms with Crippen molar-refractivity contribution in [3.63, 3.8) is 0 Å². The van der Waals surface area contributed by atoms with E-state index in [9.17, 15) is 9.18 Å². The molecule has 1 saturated heterocycles. The number of benzene rings is 2. The van der Waals surface area contributed by atoms with Crippen molar-refractivity contribution < 1.29 is 13.9 Å². The monoisotopic (exact) mass is 373 g/mol. The van der Waals surface area contributed by atoms with Crippen molar-refractivity contribution in [3.05, 3.63) is 59.9 Å². The number of nitrogens with zero attached hydrogens (tertiary/aromatic N) is 1. The Morgan fingerprint density at radius 1 is 1.27 bits per heavy atom. The van der Waals surface area contributed by atoms with Crippen LogP contribution in [0, 0.1) is 5.82 Å². The normalized spacial score (nSPS) is 16.7. The average molecular weight is 373 g/mol. The fourth-order valence-electron chi connectivity index (χ4n) is 3.38. The lowest BCUT2D eigenvalue weighted by Gasteiger charge is -2.25. The Hall–Kier alpha value is -2.01. The Balaban J connectivity index is 1.49. The van der Waals surface area contributed by atoms with Crippen LogP contribution in [0.2, 0.25) is 0 Å². The first-order chi connectivity index (χ1) is 12.7. The number of hydrogen-bond acceptors (Lipinski definition) is 3. The number of hydrogen-bond donors (Lipinski definition) is 0. The van der Waals surface area contributed by atoms with E-state index in [1.165, 1.54) is 6.07 Å². The zero-order valence-electron chi connectivity index (χ0n) is 15.0. The molecule has 0 saturated carbocycles. The van der Waals surface area contributed by atoms with Gasteiger partial charge in [-0.15, -0.1) is 11.8 Å². The van der Waals surface area contributed by atoms with Crippen LogP contribution in [-0.4, -0.2) is 36.3 Å². The number of rotatable bonds is 7. The number of thioether (sulfide) groups is 1. The van der Waals surface area contributed by atoms with Crippen LogP contribution in [0.4, 0.5) is 4.39 Å². The van der Waals surface area contributed by atoms with E-state index in [4.69, 9.17) is 4.74 Å². The maximum atomic E-state index is 13.4. The molecular weight excluding hydrogens is 349 g/mol. The quantitative estimate of drug-likeness (QED) is 0.667. The molecule has 0 aliphatic carbocycles. The van der Waals surface area contributed by atoms with Crippen LogP contribution in [0.1, 0.15) is 24.8 Å². The molecule has 0 aromatic heterocycles. The fourth-order valence-corrected chi connectivity index (χ4v) is 4.22. The van der Waals surface area contributed by atoms with Crippen molar-refractivity contribution >= 4 is 17.7 Å². The van der Waals surface area contributed by atoms with E-state index >= 15 is 0 Å². The highest BCUT2D eigenvalue weighted by Gasteiger charge is 2.28. The smallest absolute Gasteiger partial charge is 0.223 e. The molecule has 3 rings (SSSR count). The van der Waals surface area contributed by atoms with E-state index in [1.807, 2.05) is 35.2 Å². The summed E-state index contributed by atoms with van der Waals surface area (Å²) in [6.07, 6.45) is 3.27. The molecule has 1 amide bonds. The van der Waals surface area contributed by atoms with Crippen LogP contribution in [0.15, 0.2) is 53.4 Å². The third kappa shape index (κ3) is 5.01. The van der Waals surface area contributed by atoms with Crippen molar-refractivity contribution in [2.45, 2.75) is 36.6 Å². The van der Waals surface area contributed by atoms with Gasteiger partial charge in [-0.25, -0.2) is 4.39 Å². The number of carbonyl (C=O) groups is 1. The zero-order chi connectivity index (χ0) is 18.4. The second-order valence-corrected chi connectivity index (χ2v) is 7.66. The topological polar surface area (TPSA) is 29.5 Å². The van der Waals surface area contributed by atoms with Gasteiger partial charge in [-0.2, -0.15) is 0 Å². The first-order valence-electron chi connectivity index (χ1n) is 8.96. The Bertz CT molecular complexity index is 735. The predicted molar refractivity (Wildman–Crippen MR) is 103 cm³/mol. The van der Waals surface area contributed by atoms with Crippen molar-refractivity contribution in [2.24, 2.45) is 0 Å². The second kappa shape index (κ2) is 9.08. The molecule has 1 atom stereocenters. The lowest BCUT2D eigenvalue weighted by molar-refractivity contribution is -0.131. The zero-order valence-corrected chi connectivity index (χ0v) is 15.8. The van der Waals surface area contributed by atoms with Crippen LogP contribution in [0.25, 0.3) is 0 Å². The number of carbonyl (C=O) groups excluding carboxylic acids is 1. The number of methoxy groups -OCH3 is 1. The summed E-state index contributed by atoms with van der Waals surface area (Å²) in [6, 6.07) is 14.8. The van der Waals surface area contributed by atoms with E-state index in [0.29, 0.717) is 6.42 Å². The number of amides is 1. The van der Waals surface area contributed by atoms with Crippen LogP contribution in [-0.2, 0) is 11.2 Å². The van der Waals surface area contributed by atoms with Gasteiger partial charge < -0.3 is 9.64 Å². The van der Waals surface area contributed by atoms with Crippen LogP contribution >= 0.6 is 11.8 Å².